The fraction of sp³-hybridized carbons (Fsp3) is 0.182. The highest BCUT2D eigenvalue weighted by atomic mass is 16.5. The van der Waals surface area contributed by atoms with Crippen molar-refractivity contribution in [1.29, 1.82) is 0 Å². The maximum Gasteiger partial charge on any atom is 0.248 e. The van der Waals surface area contributed by atoms with Crippen LogP contribution < -0.4 is 14.8 Å². The smallest absolute Gasteiger partial charge is 0.248 e. The van der Waals surface area contributed by atoms with Crippen LogP contribution in [0.5, 0.6) is 11.5 Å². The van der Waals surface area contributed by atoms with Crippen LogP contribution in [-0.4, -0.2) is 22.8 Å². The molecule has 6 heteroatoms. The van der Waals surface area contributed by atoms with Gasteiger partial charge >= 0.3 is 0 Å². The predicted molar refractivity (Wildman–Crippen MR) is 109 cm³/mol. The summed E-state index contributed by atoms with van der Waals surface area (Å²) >= 11 is 0. The second-order valence-electron chi connectivity index (χ2n) is 6.14. The third-order valence-corrected chi connectivity index (χ3v) is 4.14. The lowest BCUT2D eigenvalue weighted by atomic mass is 10.2. The zero-order chi connectivity index (χ0) is 19.8. The average Bonchev–Trinajstić information content (AvgIpc) is 3.18. The van der Waals surface area contributed by atoms with Crippen LogP contribution in [0, 0.1) is 0 Å². The number of carbonyl (C=O) groups is 1. The first-order chi connectivity index (χ1) is 13.7. The minimum Gasteiger partial charge on any atom is -0.497 e. The lowest BCUT2D eigenvalue weighted by Gasteiger charge is -2.06. The summed E-state index contributed by atoms with van der Waals surface area (Å²) in [5, 5.41) is 6.97. The Labute approximate surface area is 164 Å². The molecule has 0 aliphatic heterocycles. The number of benzene rings is 2. The van der Waals surface area contributed by atoms with Gasteiger partial charge in [-0.1, -0.05) is 31.2 Å². The second kappa shape index (κ2) is 9.41. The topological polar surface area (TPSA) is 65.4 Å². The molecular formula is C22H23N3O3. The van der Waals surface area contributed by atoms with Crippen LogP contribution in [0.2, 0.25) is 0 Å². The Morgan fingerprint density at radius 3 is 2.50 bits per heavy atom. The molecule has 3 aromatic rings. The van der Waals surface area contributed by atoms with Crippen LogP contribution >= 0.6 is 0 Å². The molecule has 0 radical (unpaired) electrons. The van der Waals surface area contributed by atoms with Crippen molar-refractivity contribution in [3.8, 4) is 11.5 Å². The van der Waals surface area contributed by atoms with Crippen molar-refractivity contribution in [2.24, 2.45) is 0 Å². The third-order valence-electron chi connectivity index (χ3n) is 4.14. The summed E-state index contributed by atoms with van der Waals surface area (Å²) in [6.45, 7) is 2.38. The van der Waals surface area contributed by atoms with Crippen LogP contribution in [0.1, 0.15) is 18.1 Å². The maximum atomic E-state index is 12.1. The Balaban J connectivity index is 1.50. The van der Waals surface area contributed by atoms with Gasteiger partial charge in [-0.3, -0.25) is 4.79 Å². The first kappa shape index (κ1) is 19.2. The van der Waals surface area contributed by atoms with Gasteiger partial charge in [-0.25, -0.2) is 4.68 Å². The molecule has 0 unspecified atom stereocenters. The molecule has 0 spiro atoms. The minimum atomic E-state index is -0.230. The lowest BCUT2D eigenvalue weighted by Crippen LogP contribution is -2.08. The standard InChI is InChI=1S/C22H23N3O3/c1-3-17-4-11-21(12-5-17)28-16-25-15-19(14-23-25)24-22(26)13-8-18-6-9-20(27-2)10-7-18/h4-15H,3,16H2,1-2H3,(H,24,26)/b13-8+. The Morgan fingerprint density at radius 2 is 1.82 bits per heavy atom. The number of anilines is 1. The molecule has 0 aliphatic rings. The summed E-state index contributed by atoms with van der Waals surface area (Å²) in [6.07, 6.45) is 7.52. The Bertz CT molecular complexity index is 928. The van der Waals surface area contributed by atoms with Crippen molar-refractivity contribution in [2.75, 3.05) is 12.4 Å². The molecule has 144 valence electrons. The number of nitrogens with one attached hydrogen (secondary N) is 1. The van der Waals surface area contributed by atoms with Gasteiger partial charge in [-0.05, 0) is 47.9 Å². The van der Waals surface area contributed by atoms with E-state index in [1.165, 1.54) is 11.6 Å². The molecule has 6 nitrogen and oxygen atoms in total. The van der Waals surface area contributed by atoms with Gasteiger partial charge in [0.2, 0.25) is 5.91 Å². The molecule has 0 saturated carbocycles. The van der Waals surface area contributed by atoms with E-state index in [0.29, 0.717) is 5.69 Å². The zero-order valence-electron chi connectivity index (χ0n) is 16.0. The van der Waals surface area contributed by atoms with Crippen molar-refractivity contribution in [3.63, 3.8) is 0 Å². The molecule has 28 heavy (non-hydrogen) atoms. The number of hydrogen-bond donors (Lipinski definition) is 1. The number of nitrogens with zero attached hydrogens (tertiary/aromatic N) is 2. The third kappa shape index (κ3) is 5.48. The number of amides is 1. The van der Waals surface area contributed by atoms with Crippen LogP contribution in [0.3, 0.4) is 0 Å². The van der Waals surface area contributed by atoms with E-state index in [9.17, 15) is 4.79 Å². The normalized spacial score (nSPS) is 10.8. The monoisotopic (exact) mass is 377 g/mol. The van der Waals surface area contributed by atoms with Gasteiger partial charge in [-0.15, -0.1) is 0 Å². The fourth-order valence-electron chi connectivity index (χ4n) is 2.53. The van der Waals surface area contributed by atoms with Crippen molar-refractivity contribution in [3.05, 3.63) is 78.1 Å². The molecule has 0 bridgehead atoms. The first-order valence-corrected chi connectivity index (χ1v) is 9.03. The van der Waals surface area contributed by atoms with Crippen molar-refractivity contribution >= 4 is 17.7 Å². The van der Waals surface area contributed by atoms with Crippen LogP contribution in [0.15, 0.2) is 67.0 Å². The van der Waals surface area contributed by atoms with E-state index in [4.69, 9.17) is 9.47 Å². The second-order valence-corrected chi connectivity index (χ2v) is 6.14. The van der Waals surface area contributed by atoms with E-state index in [0.717, 1.165) is 23.5 Å². The molecule has 1 aromatic heterocycles. The quantitative estimate of drug-likeness (QED) is 0.599. The number of aryl methyl sites for hydroxylation is 1. The van der Waals surface area contributed by atoms with E-state index >= 15 is 0 Å². The van der Waals surface area contributed by atoms with Crippen molar-refractivity contribution in [2.45, 2.75) is 20.1 Å². The van der Waals surface area contributed by atoms with Gasteiger partial charge in [0.05, 0.1) is 25.2 Å². The number of methoxy groups -OCH3 is 1. The summed E-state index contributed by atoms with van der Waals surface area (Å²) in [4.78, 5) is 12.1. The van der Waals surface area contributed by atoms with Gasteiger partial charge in [0.25, 0.3) is 0 Å². The summed E-state index contributed by atoms with van der Waals surface area (Å²) in [5.41, 5.74) is 2.78. The molecule has 0 aliphatic carbocycles. The fourth-order valence-corrected chi connectivity index (χ4v) is 2.53. The van der Waals surface area contributed by atoms with Gasteiger partial charge in [-0.2, -0.15) is 5.10 Å². The van der Waals surface area contributed by atoms with Gasteiger partial charge < -0.3 is 14.8 Å². The van der Waals surface area contributed by atoms with Crippen LogP contribution in [0.4, 0.5) is 5.69 Å². The van der Waals surface area contributed by atoms with Gasteiger partial charge in [0.15, 0.2) is 6.73 Å². The molecule has 0 fully saturated rings. The van der Waals surface area contributed by atoms with Crippen LogP contribution in [0.25, 0.3) is 6.08 Å². The number of hydrogen-bond acceptors (Lipinski definition) is 4. The van der Waals surface area contributed by atoms with E-state index in [-0.39, 0.29) is 12.6 Å². The highest BCUT2D eigenvalue weighted by molar-refractivity contribution is 6.01. The average molecular weight is 377 g/mol. The van der Waals surface area contributed by atoms with E-state index in [1.807, 2.05) is 48.5 Å². The molecule has 1 heterocycles. The lowest BCUT2D eigenvalue weighted by molar-refractivity contribution is -0.111. The highest BCUT2D eigenvalue weighted by Gasteiger charge is 2.03. The Morgan fingerprint density at radius 1 is 1.11 bits per heavy atom. The zero-order valence-corrected chi connectivity index (χ0v) is 16.0. The molecule has 2 aromatic carbocycles. The van der Waals surface area contributed by atoms with Crippen molar-refractivity contribution < 1.29 is 14.3 Å². The summed E-state index contributed by atoms with van der Waals surface area (Å²) in [6, 6.07) is 15.4. The molecular weight excluding hydrogens is 354 g/mol. The molecule has 0 atom stereocenters. The first-order valence-electron chi connectivity index (χ1n) is 9.03. The Hall–Kier alpha value is -3.54. The molecule has 1 amide bonds. The highest BCUT2D eigenvalue weighted by Crippen LogP contribution is 2.14. The van der Waals surface area contributed by atoms with E-state index in [1.54, 1.807) is 30.3 Å². The molecule has 1 N–H and O–H groups in total. The molecule has 3 rings (SSSR count). The predicted octanol–water partition coefficient (Wildman–Crippen LogP) is 4.14. The van der Waals surface area contributed by atoms with Crippen molar-refractivity contribution in [1.82, 2.24) is 9.78 Å². The Kier molecular flexibility index (Phi) is 6.46. The SMILES string of the molecule is CCc1ccc(OCn2cc(NC(=O)/C=C/c3ccc(OC)cc3)cn2)cc1. The van der Waals surface area contributed by atoms with Gasteiger partial charge in [0, 0.05) is 6.08 Å². The summed E-state index contributed by atoms with van der Waals surface area (Å²) in [5.74, 6) is 1.32. The number of rotatable bonds is 8. The number of ether oxygens (including phenoxy) is 2. The summed E-state index contributed by atoms with van der Waals surface area (Å²) < 4.78 is 12.4. The minimum absolute atomic E-state index is 0.230. The van der Waals surface area contributed by atoms with Crippen LogP contribution in [-0.2, 0) is 17.9 Å². The maximum absolute atomic E-state index is 12.1. The van der Waals surface area contributed by atoms with Gasteiger partial charge in [0.1, 0.15) is 11.5 Å². The number of aromatic nitrogens is 2. The van der Waals surface area contributed by atoms with E-state index in [2.05, 4.69) is 17.3 Å². The summed E-state index contributed by atoms with van der Waals surface area (Å²) in [7, 11) is 1.62. The van der Waals surface area contributed by atoms with E-state index < -0.39 is 0 Å². The largest absolute Gasteiger partial charge is 0.497 e. The molecule has 0 saturated heterocycles. The number of carbonyl (C=O) groups excluding carboxylic acids is 1.